The molecule has 1 atom stereocenters. The van der Waals surface area contributed by atoms with Gasteiger partial charge in [-0.25, -0.2) is 9.36 Å². The summed E-state index contributed by atoms with van der Waals surface area (Å²) in [6, 6.07) is 25.0. The third-order valence-corrected chi connectivity index (χ3v) is 5.28. The van der Waals surface area contributed by atoms with E-state index in [9.17, 15) is 14.4 Å². The van der Waals surface area contributed by atoms with Gasteiger partial charge < -0.3 is 10.3 Å². The van der Waals surface area contributed by atoms with Crippen molar-refractivity contribution in [2.75, 3.05) is 6.54 Å². The fourth-order valence-electron chi connectivity index (χ4n) is 3.69. The van der Waals surface area contributed by atoms with Crippen molar-refractivity contribution < 1.29 is 4.79 Å². The van der Waals surface area contributed by atoms with Crippen molar-refractivity contribution in [2.24, 2.45) is 0 Å². The highest BCUT2D eigenvalue weighted by Gasteiger charge is 2.25. The molecule has 0 saturated heterocycles. The van der Waals surface area contributed by atoms with E-state index in [1.807, 2.05) is 60.7 Å². The second kappa shape index (κ2) is 9.26. The number of hydrogen-bond acceptors (Lipinski definition) is 3. The van der Waals surface area contributed by atoms with Crippen molar-refractivity contribution >= 4 is 16.8 Å². The van der Waals surface area contributed by atoms with Crippen LogP contribution >= 0.6 is 0 Å². The van der Waals surface area contributed by atoms with Gasteiger partial charge in [0.1, 0.15) is 6.04 Å². The average molecular weight is 413 g/mol. The third kappa shape index (κ3) is 4.64. The predicted octanol–water partition coefficient (Wildman–Crippen LogP) is 2.83. The summed E-state index contributed by atoms with van der Waals surface area (Å²) in [7, 11) is 0. The smallest absolute Gasteiger partial charge is 0.329 e. The van der Waals surface area contributed by atoms with Crippen LogP contribution in [0.25, 0.3) is 10.9 Å². The average Bonchev–Trinajstić information content (AvgIpc) is 2.80. The number of aromatic amines is 1. The molecule has 1 aromatic heterocycles. The summed E-state index contributed by atoms with van der Waals surface area (Å²) in [6.45, 7) is 0.411. The van der Waals surface area contributed by atoms with Crippen LogP contribution in [0, 0.1) is 0 Å². The summed E-state index contributed by atoms with van der Waals surface area (Å²) < 4.78 is 1.03. The fourth-order valence-corrected chi connectivity index (χ4v) is 3.69. The van der Waals surface area contributed by atoms with Crippen LogP contribution in [0.2, 0.25) is 0 Å². The van der Waals surface area contributed by atoms with Gasteiger partial charge in [0.15, 0.2) is 0 Å². The molecule has 31 heavy (non-hydrogen) atoms. The van der Waals surface area contributed by atoms with E-state index in [1.54, 1.807) is 24.3 Å². The van der Waals surface area contributed by atoms with E-state index < -0.39 is 17.3 Å². The Bertz CT molecular complexity index is 1290. The number of carbonyl (C=O) groups excluding carboxylic acids is 1. The minimum Gasteiger partial charge on any atom is -0.354 e. The third-order valence-electron chi connectivity index (χ3n) is 5.28. The molecule has 0 aliphatic heterocycles. The van der Waals surface area contributed by atoms with Crippen LogP contribution < -0.4 is 16.6 Å². The van der Waals surface area contributed by atoms with Gasteiger partial charge in [0.25, 0.3) is 5.56 Å². The number of amides is 1. The van der Waals surface area contributed by atoms with Crippen molar-refractivity contribution in [3.63, 3.8) is 0 Å². The van der Waals surface area contributed by atoms with Crippen LogP contribution in [0.4, 0.5) is 0 Å². The first-order chi connectivity index (χ1) is 15.1. The Balaban J connectivity index is 1.66. The summed E-state index contributed by atoms with van der Waals surface area (Å²) in [4.78, 5) is 41.8. The van der Waals surface area contributed by atoms with Gasteiger partial charge in [-0.3, -0.25) is 9.59 Å². The minimum absolute atomic E-state index is 0.235. The quantitative estimate of drug-likeness (QED) is 0.489. The van der Waals surface area contributed by atoms with Crippen molar-refractivity contribution in [2.45, 2.75) is 18.9 Å². The molecule has 0 fully saturated rings. The number of aromatic nitrogens is 2. The highest BCUT2D eigenvalue weighted by molar-refractivity contribution is 5.82. The van der Waals surface area contributed by atoms with Crippen molar-refractivity contribution in [3.8, 4) is 0 Å². The van der Waals surface area contributed by atoms with E-state index in [-0.39, 0.29) is 12.3 Å². The van der Waals surface area contributed by atoms with Crippen LogP contribution in [-0.4, -0.2) is 22.0 Å². The van der Waals surface area contributed by atoms with E-state index >= 15 is 0 Å². The zero-order valence-corrected chi connectivity index (χ0v) is 17.0. The van der Waals surface area contributed by atoms with E-state index in [0.29, 0.717) is 23.9 Å². The zero-order chi connectivity index (χ0) is 21.6. The van der Waals surface area contributed by atoms with E-state index in [1.165, 1.54) is 0 Å². The Morgan fingerprint density at radius 1 is 0.839 bits per heavy atom. The molecule has 1 amide bonds. The van der Waals surface area contributed by atoms with E-state index in [0.717, 1.165) is 15.7 Å². The van der Waals surface area contributed by atoms with Gasteiger partial charge in [-0.15, -0.1) is 0 Å². The number of H-pyrrole nitrogens is 1. The molecular weight excluding hydrogens is 390 g/mol. The Labute approximate surface area is 179 Å². The topological polar surface area (TPSA) is 84.0 Å². The largest absolute Gasteiger partial charge is 0.354 e. The normalized spacial score (nSPS) is 11.9. The molecule has 2 N–H and O–H groups in total. The Morgan fingerprint density at radius 2 is 1.45 bits per heavy atom. The molecule has 0 aliphatic carbocycles. The second-order valence-electron chi connectivity index (χ2n) is 7.38. The van der Waals surface area contributed by atoms with Crippen molar-refractivity contribution in [1.29, 1.82) is 0 Å². The molecular formula is C25H23N3O3. The Kier molecular flexibility index (Phi) is 6.08. The number of rotatable bonds is 7. The fraction of sp³-hybridized carbons (Fsp3) is 0.160. The molecule has 6 heteroatoms. The molecule has 1 heterocycles. The van der Waals surface area contributed by atoms with Crippen LogP contribution in [-0.2, 0) is 17.6 Å². The molecule has 0 bridgehead atoms. The number of carbonyl (C=O) groups is 1. The summed E-state index contributed by atoms with van der Waals surface area (Å²) in [5.74, 6) is -0.359. The Hall–Kier alpha value is -3.93. The highest BCUT2D eigenvalue weighted by Crippen LogP contribution is 2.13. The van der Waals surface area contributed by atoms with Gasteiger partial charge in [0.2, 0.25) is 5.91 Å². The molecule has 0 saturated carbocycles. The number of para-hydroxylation sites is 1. The number of fused-ring (bicyclic) bond motifs is 1. The van der Waals surface area contributed by atoms with E-state index in [4.69, 9.17) is 0 Å². The van der Waals surface area contributed by atoms with Gasteiger partial charge in [0, 0.05) is 13.0 Å². The standard InChI is InChI=1S/C25H23N3O3/c29-23(26-16-15-18-9-3-1-4-10-18)22(17-19-11-5-2-6-12-19)28-24(30)20-13-7-8-14-21(20)27-25(28)31/h1-14,22H,15-17H2,(H,26,29)(H,27,31). The molecule has 1 unspecified atom stereocenters. The first-order valence-electron chi connectivity index (χ1n) is 10.2. The maximum Gasteiger partial charge on any atom is 0.329 e. The number of hydrogen-bond donors (Lipinski definition) is 2. The lowest BCUT2D eigenvalue weighted by molar-refractivity contribution is -0.124. The zero-order valence-electron chi connectivity index (χ0n) is 17.0. The summed E-state index contributed by atoms with van der Waals surface area (Å²) in [6.07, 6.45) is 0.896. The van der Waals surface area contributed by atoms with Crippen LogP contribution in [0.1, 0.15) is 17.2 Å². The van der Waals surface area contributed by atoms with Gasteiger partial charge >= 0.3 is 5.69 Å². The van der Waals surface area contributed by atoms with Crippen LogP contribution in [0.3, 0.4) is 0 Å². The molecule has 0 spiro atoms. The summed E-state index contributed by atoms with van der Waals surface area (Å²) in [5, 5.41) is 3.27. The highest BCUT2D eigenvalue weighted by atomic mass is 16.2. The SMILES string of the molecule is O=C(NCCc1ccccc1)C(Cc1ccccc1)n1c(=O)[nH]c2ccccc2c1=O. The molecule has 3 aromatic carbocycles. The van der Waals surface area contributed by atoms with E-state index in [2.05, 4.69) is 10.3 Å². The lowest BCUT2D eigenvalue weighted by Crippen LogP contribution is -2.45. The summed E-state index contributed by atoms with van der Waals surface area (Å²) >= 11 is 0. The Morgan fingerprint density at radius 3 is 2.16 bits per heavy atom. The summed E-state index contributed by atoms with van der Waals surface area (Å²) in [5.41, 5.74) is 1.35. The predicted molar refractivity (Wildman–Crippen MR) is 121 cm³/mol. The first-order valence-corrected chi connectivity index (χ1v) is 10.2. The molecule has 0 radical (unpaired) electrons. The molecule has 4 rings (SSSR count). The van der Waals surface area contributed by atoms with Gasteiger partial charge in [0.05, 0.1) is 10.9 Å². The molecule has 156 valence electrons. The van der Waals surface area contributed by atoms with Crippen LogP contribution in [0.5, 0.6) is 0 Å². The molecule has 6 nitrogen and oxygen atoms in total. The van der Waals surface area contributed by atoms with Gasteiger partial charge in [-0.05, 0) is 29.7 Å². The van der Waals surface area contributed by atoms with Crippen LogP contribution in [0.15, 0.2) is 94.5 Å². The van der Waals surface area contributed by atoms with Gasteiger partial charge in [-0.2, -0.15) is 0 Å². The first kappa shape index (κ1) is 20.3. The molecule has 4 aromatic rings. The lowest BCUT2D eigenvalue weighted by atomic mass is 10.0. The maximum atomic E-state index is 13.2. The number of nitrogens with one attached hydrogen (secondary N) is 2. The van der Waals surface area contributed by atoms with Crippen molar-refractivity contribution in [3.05, 3.63) is 117 Å². The lowest BCUT2D eigenvalue weighted by Gasteiger charge is -2.19. The number of nitrogens with zero attached hydrogens (tertiary/aromatic N) is 1. The minimum atomic E-state index is -0.959. The van der Waals surface area contributed by atoms with Crippen molar-refractivity contribution in [1.82, 2.24) is 14.9 Å². The monoisotopic (exact) mass is 413 g/mol. The van der Waals surface area contributed by atoms with Gasteiger partial charge in [-0.1, -0.05) is 72.8 Å². The molecule has 0 aliphatic rings. The maximum absolute atomic E-state index is 13.2. The number of benzene rings is 3. The second-order valence-corrected chi connectivity index (χ2v) is 7.38.